The number of pyridine rings is 1. The van der Waals surface area contributed by atoms with Gasteiger partial charge in [-0.05, 0) is 35.4 Å². The predicted molar refractivity (Wildman–Crippen MR) is 132 cm³/mol. The lowest BCUT2D eigenvalue weighted by atomic mass is 9.80. The first-order valence-electron chi connectivity index (χ1n) is 11.1. The average molecular weight is 546 g/mol. The summed E-state index contributed by atoms with van der Waals surface area (Å²) in [6.45, 7) is 0. The highest BCUT2D eigenvalue weighted by molar-refractivity contribution is 6.30. The number of ether oxygens (including phenoxy) is 1. The zero-order valence-electron chi connectivity index (χ0n) is 19.5. The summed E-state index contributed by atoms with van der Waals surface area (Å²) in [4.78, 5) is 25.6. The van der Waals surface area contributed by atoms with Crippen LogP contribution in [0, 0.1) is 0 Å². The molecule has 38 heavy (non-hydrogen) atoms. The van der Waals surface area contributed by atoms with Crippen LogP contribution < -0.4 is 15.4 Å². The van der Waals surface area contributed by atoms with E-state index in [1.165, 1.54) is 36.9 Å². The second kappa shape index (κ2) is 11.4. The van der Waals surface area contributed by atoms with Gasteiger partial charge in [0.1, 0.15) is 11.3 Å². The van der Waals surface area contributed by atoms with Crippen molar-refractivity contribution in [1.29, 1.82) is 0 Å². The summed E-state index contributed by atoms with van der Waals surface area (Å²) in [6.07, 6.45) is -3.17. The largest absolute Gasteiger partial charge is 0.461 e. The Morgan fingerprint density at radius 1 is 0.974 bits per heavy atom. The van der Waals surface area contributed by atoms with Crippen LogP contribution in [0.1, 0.15) is 16.8 Å². The summed E-state index contributed by atoms with van der Waals surface area (Å²) in [5, 5.41) is 5.77. The summed E-state index contributed by atoms with van der Waals surface area (Å²) >= 11 is 6.06. The molecule has 2 aromatic carbocycles. The van der Waals surface area contributed by atoms with Gasteiger partial charge in [-0.1, -0.05) is 54.1 Å². The third-order valence-electron chi connectivity index (χ3n) is 5.44. The van der Waals surface area contributed by atoms with Gasteiger partial charge in [0.2, 0.25) is 0 Å². The molecule has 12 heteroatoms. The lowest BCUT2D eigenvalue weighted by molar-refractivity contribution is -0.253. The van der Waals surface area contributed by atoms with Crippen LogP contribution in [-0.4, -0.2) is 33.5 Å². The molecule has 0 aliphatic rings. The van der Waals surface area contributed by atoms with Gasteiger partial charge in [0, 0.05) is 25.0 Å². The molecule has 0 aliphatic heterocycles. The maximum absolute atomic E-state index is 13.7. The predicted octanol–water partition coefficient (Wildman–Crippen LogP) is 6.07. The number of hydrogen-bond acceptors (Lipinski definition) is 5. The molecule has 4 rings (SSSR count). The lowest BCUT2D eigenvalue weighted by Crippen LogP contribution is -2.50. The van der Waals surface area contributed by atoms with Crippen molar-refractivity contribution in [3.63, 3.8) is 0 Å². The molecule has 1 unspecified atom stereocenters. The van der Waals surface area contributed by atoms with Gasteiger partial charge in [-0.15, -0.1) is 0 Å². The Morgan fingerprint density at radius 2 is 1.76 bits per heavy atom. The summed E-state index contributed by atoms with van der Waals surface area (Å²) in [5.41, 5.74) is -0.239. The molecule has 2 heterocycles. The van der Waals surface area contributed by atoms with Crippen molar-refractivity contribution in [3.05, 3.63) is 113 Å². The van der Waals surface area contributed by atoms with Crippen molar-refractivity contribution in [2.75, 3.05) is 5.32 Å². The minimum atomic E-state index is -4.73. The maximum atomic E-state index is 13.7. The van der Waals surface area contributed by atoms with Gasteiger partial charge in [-0.2, -0.15) is 17.6 Å². The van der Waals surface area contributed by atoms with Crippen LogP contribution in [0.2, 0.25) is 5.02 Å². The van der Waals surface area contributed by atoms with E-state index in [1.54, 1.807) is 42.5 Å². The van der Waals surface area contributed by atoms with Gasteiger partial charge >= 0.3 is 18.6 Å². The number of carbonyl (C=O) groups is 1. The fourth-order valence-corrected chi connectivity index (χ4v) is 3.89. The van der Waals surface area contributed by atoms with Crippen molar-refractivity contribution in [1.82, 2.24) is 20.3 Å². The Bertz CT molecular complexity index is 1370. The molecule has 1 atom stereocenters. The summed E-state index contributed by atoms with van der Waals surface area (Å²) < 4.78 is 57.5. The van der Waals surface area contributed by atoms with Crippen molar-refractivity contribution >= 4 is 23.4 Å². The summed E-state index contributed by atoms with van der Waals surface area (Å²) in [5.74, 6) is -0.383. The number of hydrogen-bond donors (Lipinski definition) is 2. The minimum Gasteiger partial charge on any atom is -0.428 e. The number of carbonyl (C=O) groups excluding carboxylic acids is 1. The molecule has 0 aliphatic carbocycles. The molecular formula is C26H20ClF4N5O2. The van der Waals surface area contributed by atoms with E-state index in [-0.39, 0.29) is 23.5 Å². The number of halogens is 5. The second-order valence-corrected chi connectivity index (χ2v) is 8.53. The Balaban J connectivity index is 1.84. The number of nitrogens with one attached hydrogen (secondary N) is 2. The van der Waals surface area contributed by atoms with Crippen LogP contribution in [0.3, 0.4) is 0 Å². The van der Waals surface area contributed by atoms with Crippen LogP contribution in [0.5, 0.6) is 5.75 Å². The first kappa shape index (κ1) is 26.8. The molecule has 2 N–H and O–H groups in total. The SMILES string of the molecule is O=C(Nc1cnccn1)NC(Cc1ccccc1)(c1cccc(OC(F)(F)C(F)F)c1)c1ccc(Cl)cn1. The van der Waals surface area contributed by atoms with Crippen LogP contribution in [0.4, 0.5) is 28.2 Å². The van der Waals surface area contributed by atoms with E-state index in [2.05, 4.69) is 30.3 Å². The zero-order chi connectivity index (χ0) is 27.2. The Morgan fingerprint density at radius 3 is 2.42 bits per heavy atom. The average Bonchev–Trinajstić information content (AvgIpc) is 2.89. The van der Waals surface area contributed by atoms with Gasteiger partial charge in [-0.3, -0.25) is 15.3 Å². The number of benzene rings is 2. The monoisotopic (exact) mass is 545 g/mol. The van der Waals surface area contributed by atoms with Gasteiger partial charge in [0.05, 0.1) is 16.9 Å². The van der Waals surface area contributed by atoms with Crippen LogP contribution in [0.15, 0.2) is 91.5 Å². The molecule has 0 saturated heterocycles. The highest BCUT2D eigenvalue weighted by Crippen LogP contribution is 2.36. The van der Waals surface area contributed by atoms with Crippen molar-refractivity contribution in [2.24, 2.45) is 0 Å². The number of amides is 2. The maximum Gasteiger partial charge on any atom is 0.461 e. The first-order valence-corrected chi connectivity index (χ1v) is 11.5. The fraction of sp³-hybridized carbons (Fsp3) is 0.154. The van der Waals surface area contributed by atoms with E-state index >= 15 is 0 Å². The van der Waals surface area contributed by atoms with E-state index < -0.39 is 29.9 Å². The van der Waals surface area contributed by atoms with E-state index in [4.69, 9.17) is 11.6 Å². The number of anilines is 1. The van der Waals surface area contributed by atoms with E-state index in [1.807, 2.05) is 0 Å². The third kappa shape index (κ3) is 6.35. The number of rotatable bonds is 9. The van der Waals surface area contributed by atoms with Crippen molar-refractivity contribution in [2.45, 2.75) is 24.5 Å². The molecule has 2 amide bonds. The molecular weight excluding hydrogens is 526 g/mol. The molecule has 7 nitrogen and oxygen atoms in total. The molecule has 0 radical (unpaired) electrons. The smallest absolute Gasteiger partial charge is 0.428 e. The molecule has 196 valence electrons. The molecule has 0 saturated carbocycles. The molecule has 2 aromatic heterocycles. The number of alkyl halides is 4. The second-order valence-electron chi connectivity index (χ2n) is 8.09. The van der Waals surface area contributed by atoms with E-state index in [0.29, 0.717) is 5.02 Å². The first-order chi connectivity index (χ1) is 18.2. The highest BCUT2D eigenvalue weighted by Gasteiger charge is 2.44. The van der Waals surface area contributed by atoms with Gasteiger partial charge < -0.3 is 10.1 Å². The summed E-state index contributed by atoms with van der Waals surface area (Å²) in [7, 11) is 0. The van der Waals surface area contributed by atoms with Crippen LogP contribution in [-0.2, 0) is 12.0 Å². The molecule has 4 aromatic rings. The Hall–Kier alpha value is -4.25. The lowest BCUT2D eigenvalue weighted by Gasteiger charge is -2.35. The Kier molecular flexibility index (Phi) is 8.06. The normalized spacial score (nSPS) is 13.0. The number of aromatic nitrogens is 3. The minimum absolute atomic E-state index is 0.0883. The van der Waals surface area contributed by atoms with E-state index in [0.717, 1.165) is 17.7 Å². The van der Waals surface area contributed by atoms with Gasteiger partial charge in [0.15, 0.2) is 5.82 Å². The van der Waals surface area contributed by atoms with Crippen LogP contribution >= 0.6 is 11.6 Å². The standard InChI is InChI=1S/C26H20ClF4N5O2/c27-19-9-10-21(34-15-19)25(14-17-5-2-1-3-6-17,36-24(37)35-22-16-32-11-12-33-22)18-7-4-8-20(13-18)38-26(30,31)23(28)29/h1-13,15-16,23H,14H2,(H2,33,35,36,37). The topological polar surface area (TPSA) is 89.0 Å². The third-order valence-corrected chi connectivity index (χ3v) is 5.67. The van der Waals surface area contributed by atoms with Crippen LogP contribution in [0.25, 0.3) is 0 Å². The molecule has 0 fully saturated rings. The zero-order valence-corrected chi connectivity index (χ0v) is 20.2. The molecule has 0 spiro atoms. The highest BCUT2D eigenvalue weighted by atomic mass is 35.5. The van der Waals surface area contributed by atoms with Gasteiger partial charge in [0.25, 0.3) is 0 Å². The molecule has 0 bridgehead atoms. The van der Waals surface area contributed by atoms with Crippen molar-refractivity contribution in [3.8, 4) is 5.75 Å². The quantitative estimate of drug-likeness (QED) is 0.249. The Labute approximate surface area is 219 Å². The number of urea groups is 1. The van der Waals surface area contributed by atoms with E-state index in [9.17, 15) is 22.4 Å². The van der Waals surface area contributed by atoms with Gasteiger partial charge in [-0.25, -0.2) is 9.78 Å². The number of nitrogens with zero attached hydrogens (tertiary/aromatic N) is 3. The summed E-state index contributed by atoms with van der Waals surface area (Å²) in [6, 6.07) is 16.5. The van der Waals surface area contributed by atoms with Crippen molar-refractivity contribution < 1.29 is 27.1 Å². The fourth-order valence-electron chi connectivity index (χ4n) is 3.78.